The molecule has 1 aliphatic rings. The first-order valence-electron chi connectivity index (χ1n) is 11.7. The highest BCUT2D eigenvalue weighted by Gasteiger charge is 2.42. The number of esters is 2. The highest BCUT2D eigenvalue weighted by Crippen LogP contribution is 2.44. The molecule has 2 heterocycles. The van der Waals surface area contributed by atoms with Gasteiger partial charge in [0, 0.05) is 37.4 Å². The molecule has 7 nitrogen and oxygen atoms in total. The van der Waals surface area contributed by atoms with Crippen LogP contribution in [0.4, 0.5) is 13.2 Å². The van der Waals surface area contributed by atoms with E-state index in [1.54, 1.807) is 43.2 Å². The lowest BCUT2D eigenvalue weighted by molar-refractivity contribution is -0.193. The van der Waals surface area contributed by atoms with Crippen molar-refractivity contribution in [1.82, 2.24) is 14.5 Å². The number of carbonyl (C=O) groups excluding carboxylic acids is 3. The molecule has 0 bridgehead atoms. The molecule has 190 valence electrons. The van der Waals surface area contributed by atoms with Crippen molar-refractivity contribution in [1.29, 1.82) is 0 Å². The molecule has 0 aliphatic heterocycles. The Kier molecular flexibility index (Phi) is 7.14. The molecule has 1 fully saturated rings. The minimum atomic E-state index is -5.29. The molecule has 1 aliphatic carbocycles. The van der Waals surface area contributed by atoms with E-state index in [9.17, 15) is 27.6 Å². The molecule has 4 rings (SSSR count). The van der Waals surface area contributed by atoms with Gasteiger partial charge in [0.15, 0.2) is 0 Å². The van der Waals surface area contributed by atoms with Crippen LogP contribution in [0.3, 0.4) is 0 Å². The number of alkyl halides is 3. The quantitative estimate of drug-likeness (QED) is 0.360. The third-order valence-electron chi connectivity index (χ3n) is 6.50. The maximum atomic E-state index is 12.8. The number of halogens is 3. The average Bonchev–Trinajstić information content (AvgIpc) is 3.17. The van der Waals surface area contributed by atoms with Crippen LogP contribution in [0.5, 0.6) is 0 Å². The van der Waals surface area contributed by atoms with E-state index >= 15 is 0 Å². The van der Waals surface area contributed by atoms with Gasteiger partial charge in [0.1, 0.15) is 6.54 Å². The fraction of sp³-hybridized carbons (Fsp3) is 0.385. The number of benzene rings is 1. The van der Waals surface area contributed by atoms with Gasteiger partial charge in [0.05, 0.1) is 16.8 Å². The van der Waals surface area contributed by atoms with E-state index in [0.717, 1.165) is 54.3 Å². The van der Waals surface area contributed by atoms with E-state index in [0.29, 0.717) is 5.52 Å². The molecule has 2 aromatic heterocycles. The summed E-state index contributed by atoms with van der Waals surface area (Å²) in [5, 5.41) is 0.797. The summed E-state index contributed by atoms with van der Waals surface area (Å²) in [7, 11) is 3.26. The summed E-state index contributed by atoms with van der Waals surface area (Å²) in [5.74, 6) is -3.98. The number of rotatable bonds is 5. The lowest BCUT2D eigenvalue weighted by Crippen LogP contribution is -2.28. The number of likely N-dealkylation sites (N-methyl/N-ethyl adjacent to an activating group) is 1. The zero-order chi connectivity index (χ0) is 26.0. The second-order valence-electron chi connectivity index (χ2n) is 9.12. The zero-order valence-corrected chi connectivity index (χ0v) is 20.0. The van der Waals surface area contributed by atoms with Crippen LogP contribution in [0.1, 0.15) is 53.9 Å². The Hall–Kier alpha value is -3.69. The topological polar surface area (TPSA) is 81.5 Å². The lowest BCUT2D eigenvalue weighted by atomic mass is 9.82. The second kappa shape index (κ2) is 10.1. The molecule has 0 unspecified atom stereocenters. The van der Waals surface area contributed by atoms with Crippen LogP contribution in [0, 0.1) is 0 Å². The second-order valence-corrected chi connectivity index (χ2v) is 9.12. The summed E-state index contributed by atoms with van der Waals surface area (Å²) >= 11 is 0. The van der Waals surface area contributed by atoms with Gasteiger partial charge in [-0.2, -0.15) is 13.2 Å². The molecule has 1 aromatic carbocycles. The van der Waals surface area contributed by atoms with Crippen LogP contribution in [-0.4, -0.2) is 52.6 Å². The maximum absolute atomic E-state index is 12.8. The van der Waals surface area contributed by atoms with Gasteiger partial charge in [-0.05, 0) is 48.6 Å². The summed E-state index contributed by atoms with van der Waals surface area (Å²) in [4.78, 5) is 42.2. The predicted octanol–water partition coefficient (Wildman–Crippen LogP) is 5.08. The van der Waals surface area contributed by atoms with Gasteiger partial charge in [-0.25, -0.2) is 9.59 Å². The number of fused-ring (bicyclic) bond motifs is 1. The normalized spacial score (nSPS) is 14.6. The summed E-state index contributed by atoms with van der Waals surface area (Å²) in [5.41, 5.74) is 2.88. The summed E-state index contributed by atoms with van der Waals surface area (Å²) < 4.78 is 43.7. The monoisotopic (exact) mass is 501 g/mol. The molecule has 0 radical (unpaired) electrons. The van der Waals surface area contributed by atoms with Crippen molar-refractivity contribution >= 4 is 28.7 Å². The van der Waals surface area contributed by atoms with Crippen molar-refractivity contribution in [2.75, 3.05) is 14.1 Å². The van der Waals surface area contributed by atoms with E-state index in [2.05, 4.69) is 9.72 Å². The van der Waals surface area contributed by atoms with Crippen LogP contribution >= 0.6 is 0 Å². The van der Waals surface area contributed by atoms with Crippen molar-refractivity contribution in [3.05, 3.63) is 53.9 Å². The van der Waals surface area contributed by atoms with Gasteiger partial charge in [0.25, 0.3) is 0 Å². The van der Waals surface area contributed by atoms with E-state index in [4.69, 9.17) is 0 Å². The molecule has 1 amide bonds. The first-order valence-corrected chi connectivity index (χ1v) is 11.7. The van der Waals surface area contributed by atoms with Crippen LogP contribution in [0.25, 0.3) is 22.2 Å². The molecule has 10 heteroatoms. The third kappa shape index (κ3) is 5.12. The number of carbonyl (C=O) groups is 3. The molecule has 1 saturated carbocycles. The van der Waals surface area contributed by atoms with Crippen molar-refractivity contribution in [3.63, 3.8) is 0 Å². The van der Waals surface area contributed by atoms with E-state index in [1.165, 1.54) is 17.0 Å². The van der Waals surface area contributed by atoms with Crippen LogP contribution in [-0.2, 0) is 20.9 Å². The number of ether oxygens (including phenoxy) is 1. The van der Waals surface area contributed by atoms with Gasteiger partial charge in [-0.15, -0.1) is 0 Å². The standard InChI is InChI=1S/C26H26F3N3O4/c1-31(2)21(33)15-32-20-13-17(24(34)36-25(35)26(27,28)29)10-11-19(20)22(16-7-4-3-5-8-16)23(32)18-9-6-12-30-14-18/h6,9-14,16H,3-5,7-8,15H2,1-2H3. The highest BCUT2D eigenvalue weighted by molar-refractivity contribution is 6.02. The Morgan fingerprint density at radius 3 is 2.44 bits per heavy atom. The number of hydrogen-bond donors (Lipinski definition) is 0. The van der Waals surface area contributed by atoms with Crippen molar-refractivity contribution < 1.29 is 32.3 Å². The Morgan fingerprint density at radius 1 is 1.11 bits per heavy atom. The number of amides is 1. The summed E-state index contributed by atoms with van der Waals surface area (Å²) in [6.45, 7) is -0.0551. The molecular formula is C26H26F3N3O4. The number of pyridine rings is 1. The largest absolute Gasteiger partial charge is 0.491 e. The molecule has 0 atom stereocenters. The summed E-state index contributed by atoms with van der Waals surface area (Å²) in [6, 6.07) is 8.08. The molecule has 36 heavy (non-hydrogen) atoms. The maximum Gasteiger partial charge on any atom is 0.491 e. The first-order chi connectivity index (χ1) is 17.1. The fourth-order valence-electron chi connectivity index (χ4n) is 4.76. The van der Waals surface area contributed by atoms with Crippen LogP contribution < -0.4 is 0 Å². The van der Waals surface area contributed by atoms with E-state index < -0.39 is 18.1 Å². The van der Waals surface area contributed by atoms with Gasteiger partial charge < -0.3 is 14.2 Å². The van der Waals surface area contributed by atoms with Gasteiger partial charge in [-0.3, -0.25) is 9.78 Å². The van der Waals surface area contributed by atoms with E-state index in [-0.39, 0.29) is 23.9 Å². The Balaban J connectivity index is 1.93. The average molecular weight is 502 g/mol. The van der Waals surface area contributed by atoms with Crippen molar-refractivity contribution in [3.8, 4) is 11.3 Å². The molecular weight excluding hydrogens is 475 g/mol. The Morgan fingerprint density at radius 2 is 1.83 bits per heavy atom. The Labute approximate surface area is 205 Å². The molecule has 3 aromatic rings. The number of aromatic nitrogens is 2. The van der Waals surface area contributed by atoms with Crippen molar-refractivity contribution in [2.45, 2.75) is 50.7 Å². The van der Waals surface area contributed by atoms with Crippen LogP contribution in [0.15, 0.2) is 42.7 Å². The number of nitrogens with zero attached hydrogens (tertiary/aromatic N) is 3. The minimum Gasteiger partial charge on any atom is -0.383 e. The molecule has 0 N–H and O–H groups in total. The highest BCUT2D eigenvalue weighted by atomic mass is 19.4. The number of hydrogen-bond acceptors (Lipinski definition) is 5. The Bertz CT molecular complexity index is 1290. The minimum absolute atomic E-state index is 0.0551. The predicted molar refractivity (Wildman–Crippen MR) is 126 cm³/mol. The molecule has 0 spiro atoms. The van der Waals surface area contributed by atoms with Crippen LogP contribution in [0.2, 0.25) is 0 Å². The third-order valence-corrected chi connectivity index (χ3v) is 6.50. The SMILES string of the molecule is CN(C)C(=O)Cn1c(-c2cccnc2)c(C2CCCCC2)c2ccc(C(=O)OC(=O)C(F)(F)F)cc21. The fourth-order valence-corrected chi connectivity index (χ4v) is 4.76. The van der Waals surface area contributed by atoms with Gasteiger partial charge in [-0.1, -0.05) is 25.3 Å². The summed E-state index contributed by atoms with van der Waals surface area (Å²) in [6.07, 6.45) is 3.23. The van der Waals surface area contributed by atoms with Gasteiger partial charge >= 0.3 is 18.1 Å². The van der Waals surface area contributed by atoms with E-state index in [1.807, 2.05) is 6.07 Å². The zero-order valence-electron chi connectivity index (χ0n) is 20.0. The molecule has 0 saturated heterocycles. The lowest BCUT2D eigenvalue weighted by Gasteiger charge is -2.24. The first kappa shape index (κ1) is 25.4. The smallest absolute Gasteiger partial charge is 0.383 e. The van der Waals surface area contributed by atoms with Crippen molar-refractivity contribution in [2.24, 2.45) is 0 Å². The van der Waals surface area contributed by atoms with Gasteiger partial charge in [0.2, 0.25) is 5.91 Å².